The van der Waals surface area contributed by atoms with E-state index in [1.165, 1.54) is 44.9 Å². The molecule has 1 atom stereocenters. The number of aliphatic hydroxyl groups is 1. The smallest absolute Gasteiger partial charge is 0.0540 e. The van der Waals surface area contributed by atoms with E-state index in [9.17, 15) is 5.11 Å². The first-order chi connectivity index (χ1) is 6.31. The topological polar surface area (TPSA) is 20.2 Å². The molecule has 1 nitrogen and oxygen atoms in total. The Morgan fingerprint density at radius 2 is 1.23 bits per heavy atom. The minimum atomic E-state index is -0.0246. The van der Waals surface area contributed by atoms with Crippen LogP contribution in [0.2, 0.25) is 0 Å². The van der Waals surface area contributed by atoms with Gasteiger partial charge in [-0.15, -0.1) is 0 Å². The van der Waals surface area contributed by atoms with Gasteiger partial charge < -0.3 is 5.11 Å². The van der Waals surface area contributed by atoms with Crippen LogP contribution in [0, 0.1) is 0 Å². The van der Waals surface area contributed by atoms with Crippen LogP contribution in [-0.2, 0) is 0 Å². The zero-order chi connectivity index (χ0) is 9.94. The first-order valence-electron chi connectivity index (χ1n) is 5.99. The van der Waals surface area contributed by atoms with Gasteiger partial charge in [-0.05, 0) is 12.8 Å². The monoisotopic (exact) mass is 186 g/mol. The molecule has 80 valence electrons. The second kappa shape index (κ2) is 10.0. The van der Waals surface area contributed by atoms with Crippen molar-refractivity contribution in [2.45, 2.75) is 77.7 Å². The highest BCUT2D eigenvalue weighted by Gasteiger charge is 2.02. The molecule has 0 aliphatic rings. The standard InChI is InChI=1S/C12H26O/c1-3-5-7-9-11-12(13)10-8-6-4-2/h12-13H,3-11H2,1-2H3/t12-/m0/s1. The summed E-state index contributed by atoms with van der Waals surface area (Å²) in [5.41, 5.74) is 0. The number of hydrogen-bond donors (Lipinski definition) is 1. The van der Waals surface area contributed by atoms with Crippen molar-refractivity contribution in [2.75, 3.05) is 0 Å². The highest BCUT2D eigenvalue weighted by Crippen LogP contribution is 2.11. The van der Waals surface area contributed by atoms with Crippen LogP contribution in [0.4, 0.5) is 0 Å². The molecule has 13 heavy (non-hydrogen) atoms. The summed E-state index contributed by atoms with van der Waals surface area (Å²) in [5, 5.41) is 9.58. The molecule has 0 radical (unpaired) electrons. The third-order valence-electron chi connectivity index (χ3n) is 2.53. The molecule has 0 amide bonds. The molecule has 0 aromatic rings. The molecule has 0 aliphatic carbocycles. The van der Waals surface area contributed by atoms with E-state index in [2.05, 4.69) is 13.8 Å². The maximum atomic E-state index is 9.58. The fourth-order valence-electron chi connectivity index (χ4n) is 1.58. The van der Waals surface area contributed by atoms with E-state index in [4.69, 9.17) is 0 Å². The maximum Gasteiger partial charge on any atom is 0.0540 e. The van der Waals surface area contributed by atoms with Crippen LogP contribution in [0.1, 0.15) is 71.6 Å². The molecule has 0 saturated heterocycles. The predicted octanol–water partition coefficient (Wildman–Crippen LogP) is 3.90. The van der Waals surface area contributed by atoms with Crippen LogP contribution < -0.4 is 0 Å². The summed E-state index contributed by atoms with van der Waals surface area (Å²) in [6.45, 7) is 4.42. The highest BCUT2D eigenvalue weighted by molar-refractivity contribution is 4.56. The summed E-state index contributed by atoms with van der Waals surface area (Å²) in [6, 6.07) is 0. The first-order valence-corrected chi connectivity index (χ1v) is 5.99. The largest absolute Gasteiger partial charge is 0.393 e. The van der Waals surface area contributed by atoms with Crippen LogP contribution in [0.5, 0.6) is 0 Å². The molecule has 0 rings (SSSR count). The lowest BCUT2D eigenvalue weighted by molar-refractivity contribution is 0.147. The zero-order valence-corrected chi connectivity index (χ0v) is 9.39. The van der Waals surface area contributed by atoms with E-state index in [-0.39, 0.29) is 6.10 Å². The van der Waals surface area contributed by atoms with Crippen molar-refractivity contribution >= 4 is 0 Å². The summed E-state index contributed by atoms with van der Waals surface area (Å²) in [4.78, 5) is 0. The molecule has 0 spiro atoms. The molecule has 0 aromatic heterocycles. The fraction of sp³-hybridized carbons (Fsp3) is 1.00. The van der Waals surface area contributed by atoms with Crippen LogP contribution in [0.25, 0.3) is 0 Å². The van der Waals surface area contributed by atoms with Crippen molar-refractivity contribution in [3.63, 3.8) is 0 Å². The third kappa shape index (κ3) is 9.88. The lowest BCUT2D eigenvalue weighted by Crippen LogP contribution is -2.05. The van der Waals surface area contributed by atoms with Crippen LogP contribution >= 0.6 is 0 Å². The average Bonchev–Trinajstić information content (AvgIpc) is 2.13. The molecule has 0 fully saturated rings. The predicted molar refractivity (Wildman–Crippen MR) is 58.9 cm³/mol. The lowest BCUT2D eigenvalue weighted by Gasteiger charge is -2.09. The van der Waals surface area contributed by atoms with E-state index in [1.54, 1.807) is 0 Å². The Morgan fingerprint density at radius 1 is 0.769 bits per heavy atom. The van der Waals surface area contributed by atoms with Gasteiger partial charge in [0.1, 0.15) is 0 Å². The lowest BCUT2D eigenvalue weighted by atomic mass is 10.0. The van der Waals surface area contributed by atoms with Crippen molar-refractivity contribution < 1.29 is 5.11 Å². The van der Waals surface area contributed by atoms with E-state index in [0.29, 0.717) is 0 Å². The van der Waals surface area contributed by atoms with Gasteiger partial charge in [0, 0.05) is 0 Å². The second-order valence-corrected chi connectivity index (χ2v) is 4.00. The maximum absolute atomic E-state index is 9.58. The minimum absolute atomic E-state index is 0.0246. The summed E-state index contributed by atoms with van der Waals surface area (Å²) in [6.07, 6.45) is 10.8. The molecular formula is C12H26O. The molecule has 0 bridgehead atoms. The Hall–Kier alpha value is -0.0400. The summed E-state index contributed by atoms with van der Waals surface area (Å²) in [7, 11) is 0. The Bertz CT molecular complexity index is 91.1. The van der Waals surface area contributed by atoms with Gasteiger partial charge in [-0.2, -0.15) is 0 Å². The van der Waals surface area contributed by atoms with Gasteiger partial charge in [-0.1, -0.05) is 58.8 Å². The van der Waals surface area contributed by atoms with Crippen molar-refractivity contribution in [1.29, 1.82) is 0 Å². The van der Waals surface area contributed by atoms with Gasteiger partial charge in [-0.25, -0.2) is 0 Å². The molecule has 0 aromatic carbocycles. The normalized spacial score (nSPS) is 13.2. The Kier molecular flexibility index (Phi) is 10.0. The Balaban J connectivity index is 3.05. The SMILES string of the molecule is CCCCCC[C@@H](O)CCCCC. The van der Waals surface area contributed by atoms with Crippen LogP contribution in [0.15, 0.2) is 0 Å². The van der Waals surface area contributed by atoms with Crippen LogP contribution in [0.3, 0.4) is 0 Å². The summed E-state index contributed by atoms with van der Waals surface area (Å²) >= 11 is 0. The van der Waals surface area contributed by atoms with Gasteiger partial charge >= 0.3 is 0 Å². The molecule has 0 saturated carbocycles. The molecular weight excluding hydrogens is 160 g/mol. The van der Waals surface area contributed by atoms with E-state index in [1.807, 2.05) is 0 Å². The second-order valence-electron chi connectivity index (χ2n) is 4.00. The molecule has 0 unspecified atom stereocenters. The molecule has 0 heterocycles. The molecule has 1 N–H and O–H groups in total. The number of hydrogen-bond acceptors (Lipinski definition) is 1. The minimum Gasteiger partial charge on any atom is -0.393 e. The Labute approximate surface area is 83.5 Å². The first kappa shape index (κ1) is 13.0. The van der Waals surface area contributed by atoms with Gasteiger partial charge in [0.15, 0.2) is 0 Å². The van der Waals surface area contributed by atoms with Crippen molar-refractivity contribution in [2.24, 2.45) is 0 Å². The van der Waals surface area contributed by atoms with Gasteiger partial charge in [0.05, 0.1) is 6.10 Å². The quantitative estimate of drug-likeness (QED) is 0.541. The third-order valence-corrected chi connectivity index (χ3v) is 2.53. The zero-order valence-electron chi connectivity index (χ0n) is 9.39. The van der Waals surface area contributed by atoms with E-state index in [0.717, 1.165) is 12.8 Å². The fourth-order valence-corrected chi connectivity index (χ4v) is 1.58. The van der Waals surface area contributed by atoms with Crippen molar-refractivity contribution in [3.8, 4) is 0 Å². The average molecular weight is 186 g/mol. The van der Waals surface area contributed by atoms with Gasteiger partial charge in [-0.3, -0.25) is 0 Å². The van der Waals surface area contributed by atoms with Gasteiger partial charge in [0.2, 0.25) is 0 Å². The van der Waals surface area contributed by atoms with E-state index >= 15 is 0 Å². The number of unbranched alkanes of at least 4 members (excludes halogenated alkanes) is 5. The highest BCUT2D eigenvalue weighted by atomic mass is 16.3. The summed E-state index contributed by atoms with van der Waals surface area (Å²) < 4.78 is 0. The Morgan fingerprint density at radius 3 is 1.77 bits per heavy atom. The number of rotatable bonds is 9. The molecule has 0 aliphatic heterocycles. The van der Waals surface area contributed by atoms with Crippen molar-refractivity contribution in [3.05, 3.63) is 0 Å². The van der Waals surface area contributed by atoms with E-state index < -0.39 is 0 Å². The van der Waals surface area contributed by atoms with Crippen molar-refractivity contribution in [1.82, 2.24) is 0 Å². The van der Waals surface area contributed by atoms with Gasteiger partial charge in [0.25, 0.3) is 0 Å². The number of aliphatic hydroxyl groups excluding tert-OH is 1. The molecule has 1 heteroatoms. The summed E-state index contributed by atoms with van der Waals surface area (Å²) in [5.74, 6) is 0. The van der Waals surface area contributed by atoms with Crippen LogP contribution in [-0.4, -0.2) is 11.2 Å².